The van der Waals surface area contributed by atoms with Gasteiger partial charge in [0.25, 0.3) is 5.91 Å². The number of esters is 1. The molecule has 23 heavy (non-hydrogen) atoms. The lowest BCUT2D eigenvalue weighted by Crippen LogP contribution is -2.34. The molecule has 0 atom stereocenters. The topological polar surface area (TPSA) is 55.8 Å². The second kappa shape index (κ2) is 8.56. The summed E-state index contributed by atoms with van der Waals surface area (Å²) in [6, 6.07) is 3.81. The summed E-state index contributed by atoms with van der Waals surface area (Å²) in [6.07, 6.45) is 0. The molecule has 5 heteroatoms. The highest BCUT2D eigenvalue weighted by molar-refractivity contribution is 5.95. The Kier molecular flexibility index (Phi) is 7.07. The minimum atomic E-state index is -0.449. The van der Waals surface area contributed by atoms with Crippen molar-refractivity contribution in [2.45, 2.75) is 40.5 Å². The predicted octanol–water partition coefficient (Wildman–Crippen LogP) is 3.15. The minimum absolute atomic E-state index is 0.0884. The maximum Gasteiger partial charge on any atom is 0.341 e. The molecule has 0 N–H and O–H groups in total. The summed E-state index contributed by atoms with van der Waals surface area (Å²) in [5.41, 5.74) is 2.06. The van der Waals surface area contributed by atoms with Crippen LogP contribution in [-0.2, 0) is 9.53 Å². The van der Waals surface area contributed by atoms with Gasteiger partial charge in [0.1, 0.15) is 11.3 Å². The SMILES string of the molecule is CCN(CC)C(=O)COc1c(C(C)C)ccc(C)c1C(=O)OC. The maximum atomic E-state index is 12.2. The summed E-state index contributed by atoms with van der Waals surface area (Å²) < 4.78 is 10.7. The van der Waals surface area contributed by atoms with E-state index < -0.39 is 5.97 Å². The number of nitrogens with zero attached hydrogens (tertiary/aromatic N) is 1. The van der Waals surface area contributed by atoms with Crippen LogP contribution in [-0.4, -0.2) is 43.6 Å². The Bertz CT molecular complexity index is 562. The zero-order valence-corrected chi connectivity index (χ0v) is 14.9. The van der Waals surface area contributed by atoms with Crippen LogP contribution >= 0.6 is 0 Å². The molecule has 0 aliphatic carbocycles. The van der Waals surface area contributed by atoms with Gasteiger partial charge in [0.15, 0.2) is 6.61 Å². The van der Waals surface area contributed by atoms with Crippen molar-refractivity contribution in [1.82, 2.24) is 4.90 Å². The molecule has 0 aromatic heterocycles. The lowest BCUT2D eigenvalue weighted by molar-refractivity contribution is -0.133. The summed E-state index contributed by atoms with van der Waals surface area (Å²) in [5, 5.41) is 0. The molecule has 0 aliphatic rings. The molecule has 0 bridgehead atoms. The van der Waals surface area contributed by atoms with Gasteiger partial charge in [-0.15, -0.1) is 0 Å². The molecule has 0 saturated carbocycles. The molecule has 0 aliphatic heterocycles. The number of ether oxygens (including phenoxy) is 2. The fourth-order valence-electron chi connectivity index (χ4n) is 2.46. The number of amides is 1. The lowest BCUT2D eigenvalue weighted by Gasteiger charge is -2.22. The molecule has 0 heterocycles. The molecule has 0 spiro atoms. The van der Waals surface area contributed by atoms with Gasteiger partial charge in [-0.25, -0.2) is 4.79 Å². The fourth-order valence-corrected chi connectivity index (χ4v) is 2.46. The van der Waals surface area contributed by atoms with Gasteiger partial charge in [-0.1, -0.05) is 26.0 Å². The van der Waals surface area contributed by atoms with E-state index in [4.69, 9.17) is 9.47 Å². The van der Waals surface area contributed by atoms with Gasteiger partial charge in [-0.05, 0) is 37.8 Å². The third-order valence-corrected chi connectivity index (χ3v) is 3.86. The molecule has 0 unspecified atom stereocenters. The van der Waals surface area contributed by atoms with Gasteiger partial charge >= 0.3 is 5.97 Å². The van der Waals surface area contributed by atoms with E-state index in [9.17, 15) is 9.59 Å². The number of benzene rings is 1. The number of rotatable bonds is 7. The number of methoxy groups -OCH3 is 1. The second-order valence-corrected chi connectivity index (χ2v) is 5.68. The van der Waals surface area contributed by atoms with Crippen LogP contribution in [0.5, 0.6) is 5.75 Å². The van der Waals surface area contributed by atoms with Crippen LogP contribution in [0.25, 0.3) is 0 Å². The summed E-state index contributed by atoms with van der Waals surface area (Å²) in [4.78, 5) is 26.0. The van der Waals surface area contributed by atoms with Crippen molar-refractivity contribution < 1.29 is 19.1 Å². The van der Waals surface area contributed by atoms with Gasteiger partial charge in [0.2, 0.25) is 0 Å². The second-order valence-electron chi connectivity index (χ2n) is 5.68. The summed E-state index contributed by atoms with van der Waals surface area (Å²) in [5.74, 6) is 0.0715. The van der Waals surface area contributed by atoms with Crippen LogP contribution < -0.4 is 4.74 Å². The van der Waals surface area contributed by atoms with Crippen molar-refractivity contribution in [3.8, 4) is 5.75 Å². The Balaban J connectivity index is 3.18. The van der Waals surface area contributed by atoms with E-state index in [2.05, 4.69) is 0 Å². The maximum absolute atomic E-state index is 12.2. The fraction of sp³-hybridized carbons (Fsp3) is 0.556. The first-order chi connectivity index (χ1) is 10.9. The van der Waals surface area contributed by atoms with Crippen molar-refractivity contribution in [3.05, 3.63) is 28.8 Å². The van der Waals surface area contributed by atoms with Crippen LogP contribution in [0.3, 0.4) is 0 Å². The predicted molar refractivity (Wildman–Crippen MR) is 90.0 cm³/mol. The van der Waals surface area contributed by atoms with E-state index in [0.717, 1.165) is 11.1 Å². The molecule has 1 aromatic carbocycles. The Morgan fingerprint density at radius 3 is 2.26 bits per heavy atom. The molecule has 128 valence electrons. The van der Waals surface area contributed by atoms with Crippen LogP contribution in [0.4, 0.5) is 0 Å². The van der Waals surface area contributed by atoms with Crippen LogP contribution in [0.15, 0.2) is 12.1 Å². The zero-order chi connectivity index (χ0) is 17.6. The van der Waals surface area contributed by atoms with E-state index >= 15 is 0 Å². The number of aryl methyl sites for hydroxylation is 1. The van der Waals surface area contributed by atoms with Crippen molar-refractivity contribution in [3.63, 3.8) is 0 Å². The molecule has 1 rings (SSSR count). The highest BCUT2D eigenvalue weighted by Crippen LogP contribution is 2.33. The van der Waals surface area contributed by atoms with Gasteiger partial charge < -0.3 is 14.4 Å². The monoisotopic (exact) mass is 321 g/mol. The number of hydrogen-bond donors (Lipinski definition) is 0. The van der Waals surface area contributed by atoms with Crippen LogP contribution in [0.2, 0.25) is 0 Å². The molecular formula is C18H27NO4. The number of likely N-dealkylation sites (N-methyl/N-ethyl adjacent to an activating group) is 1. The smallest absolute Gasteiger partial charge is 0.341 e. The van der Waals surface area contributed by atoms with Gasteiger partial charge in [-0.3, -0.25) is 4.79 Å². The quantitative estimate of drug-likeness (QED) is 0.724. The molecule has 0 radical (unpaired) electrons. The average molecular weight is 321 g/mol. The van der Waals surface area contributed by atoms with E-state index in [1.807, 2.05) is 46.8 Å². The minimum Gasteiger partial charge on any atom is -0.483 e. The lowest BCUT2D eigenvalue weighted by atomic mass is 9.96. The van der Waals surface area contributed by atoms with Crippen molar-refractivity contribution in [2.24, 2.45) is 0 Å². The first-order valence-corrected chi connectivity index (χ1v) is 7.99. The van der Waals surface area contributed by atoms with Gasteiger partial charge in [0, 0.05) is 13.1 Å². The Morgan fingerprint density at radius 2 is 1.78 bits per heavy atom. The molecule has 0 fully saturated rings. The average Bonchev–Trinajstić information content (AvgIpc) is 2.52. The van der Waals surface area contributed by atoms with Crippen molar-refractivity contribution in [1.29, 1.82) is 0 Å². The van der Waals surface area contributed by atoms with Gasteiger partial charge in [-0.2, -0.15) is 0 Å². The summed E-state index contributed by atoms with van der Waals surface area (Å²) in [7, 11) is 1.34. The van der Waals surface area contributed by atoms with E-state index in [0.29, 0.717) is 24.4 Å². The summed E-state index contributed by atoms with van der Waals surface area (Å²) >= 11 is 0. The summed E-state index contributed by atoms with van der Waals surface area (Å²) in [6.45, 7) is 10.9. The third-order valence-electron chi connectivity index (χ3n) is 3.86. The Morgan fingerprint density at radius 1 is 1.17 bits per heavy atom. The third kappa shape index (κ3) is 4.47. The molecular weight excluding hydrogens is 294 g/mol. The Labute approximate surface area is 138 Å². The first kappa shape index (κ1) is 19.0. The number of carbonyl (C=O) groups is 2. The highest BCUT2D eigenvalue weighted by atomic mass is 16.5. The number of carbonyl (C=O) groups excluding carboxylic acids is 2. The van der Waals surface area contributed by atoms with Crippen molar-refractivity contribution in [2.75, 3.05) is 26.8 Å². The molecule has 1 amide bonds. The van der Waals surface area contributed by atoms with E-state index in [-0.39, 0.29) is 18.4 Å². The highest BCUT2D eigenvalue weighted by Gasteiger charge is 2.22. The standard InChI is InChI=1S/C18H27NO4/c1-7-19(8-2)15(20)11-23-17-14(12(3)4)10-9-13(5)16(17)18(21)22-6/h9-10,12H,7-8,11H2,1-6H3. The van der Waals surface area contributed by atoms with E-state index in [1.165, 1.54) is 7.11 Å². The normalized spacial score (nSPS) is 10.6. The van der Waals surface area contributed by atoms with Crippen LogP contribution in [0.1, 0.15) is 55.1 Å². The van der Waals surface area contributed by atoms with E-state index in [1.54, 1.807) is 4.90 Å². The molecule has 0 saturated heterocycles. The Hall–Kier alpha value is -2.04. The van der Waals surface area contributed by atoms with Crippen molar-refractivity contribution >= 4 is 11.9 Å². The largest absolute Gasteiger partial charge is 0.483 e. The van der Waals surface area contributed by atoms with Gasteiger partial charge in [0.05, 0.1) is 7.11 Å². The van der Waals surface area contributed by atoms with Crippen LogP contribution in [0, 0.1) is 6.92 Å². The zero-order valence-electron chi connectivity index (χ0n) is 14.9. The molecule has 1 aromatic rings. The first-order valence-electron chi connectivity index (χ1n) is 7.99. The number of hydrogen-bond acceptors (Lipinski definition) is 4. The molecule has 5 nitrogen and oxygen atoms in total.